The van der Waals surface area contributed by atoms with Crippen molar-refractivity contribution in [1.29, 1.82) is 0 Å². The summed E-state index contributed by atoms with van der Waals surface area (Å²) in [6.07, 6.45) is 1.62. The lowest BCUT2D eigenvalue weighted by Gasteiger charge is -2.09. The van der Waals surface area contributed by atoms with Crippen molar-refractivity contribution >= 4 is 17.3 Å². The van der Waals surface area contributed by atoms with Crippen LogP contribution in [0.4, 0.5) is 0 Å². The fraction of sp³-hybridized carbons (Fsp3) is 0.333. The Kier molecular flexibility index (Phi) is 3.79. The molecule has 0 aliphatic carbocycles. The zero-order valence-corrected chi connectivity index (χ0v) is 8.67. The first-order valence-corrected chi connectivity index (χ1v) is 5.02. The summed E-state index contributed by atoms with van der Waals surface area (Å²) in [7, 11) is 0. The van der Waals surface area contributed by atoms with Gasteiger partial charge in [0.15, 0.2) is 0 Å². The van der Waals surface area contributed by atoms with Gasteiger partial charge in [-0.25, -0.2) is 4.98 Å². The summed E-state index contributed by atoms with van der Waals surface area (Å²) >= 11 is 1.44. The third-order valence-corrected chi connectivity index (χ3v) is 2.44. The van der Waals surface area contributed by atoms with Crippen molar-refractivity contribution in [3.05, 3.63) is 28.7 Å². The van der Waals surface area contributed by atoms with Crippen molar-refractivity contribution in [2.24, 2.45) is 0 Å². The monoisotopic (exact) mass is 212 g/mol. The summed E-state index contributed by atoms with van der Waals surface area (Å²) in [6.45, 7) is 5.82. The van der Waals surface area contributed by atoms with Crippen LogP contribution in [0.15, 0.2) is 18.0 Å². The average Bonchev–Trinajstić information content (AvgIpc) is 2.52. The standard InChI is InChI=1S/C9H12N2O2S/c1-3-4-10-8(9(12)13)7-5-14-6(2)11-7/h3,5,8,10H,1,4H2,2H3,(H,12,13). The number of aryl methyl sites for hydroxylation is 1. The molecule has 0 bridgehead atoms. The highest BCUT2D eigenvalue weighted by atomic mass is 32.1. The molecule has 0 fully saturated rings. The Morgan fingerprint density at radius 2 is 2.64 bits per heavy atom. The molecule has 0 saturated carbocycles. The summed E-state index contributed by atoms with van der Waals surface area (Å²) in [5.74, 6) is -0.919. The number of nitrogens with one attached hydrogen (secondary N) is 1. The second-order valence-corrected chi connectivity index (χ2v) is 3.82. The maximum absolute atomic E-state index is 10.9. The van der Waals surface area contributed by atoms with Crippen LogP contribution >= 0.6 is 11.3 Å². The average molecular weight is 212 g/mol. The summed E-state index contributed by atoms with van der Waals surface area (Å²) in [4.78, 5) is 15.0. The van der Waals surface area contributed by atoms with Crippen LogP contribution in [0.25, 0.3) is 0 Å². The largest absolute Gasteiger partial charge is 0.480 e. The molecule has 0 aliphatic rings. The van der Waals surface area contributed by atoms with Gasteiger partial charge in [-0.05, 0) is 6.92 Å². The number of carbonyl (C=O) groups is 1. The molecule has 0 saturated heterocycles. The third kappa shape index (κ3) is 2.65. The van der Waals surface area contributed by atoms with Crippen LogP contribution in [0, 0.1) is 6.92 Å². The Balaban J connectivity index is 2.77. The molecule has 0 radical (unpaired) electrons. The number of carboxylic acid groups (broad SMARTS) is 1. The van der Waals surface area contributed by atoms with Crippen molar-refractivity contribution in [2.75, 3.05) is 6.54 Å². The highest BCUT2D eigenvalue weighted by molar-refractivity contribution is 7.09. The molecule has 1 rings (SSSR count). The topological polar surface area (TPSA) is 62.2 Å². The highest BCUT2D eigenvalue weighted by Gasteiger charge is 2.20. The Morgan fingerprint density at radius 1 is 1.93 bits per heavy atom. The molecule has 0 spiro atoms. The van der Waals surface area contributed by atoms with Gasteiger partial charge in [-0.1, -0.05) is 6.08 Å². The van der Waals surface area contributed by atoms with E-state index in [4.69, 9.17) is 5.11 Å². The first kappa shape index (κ1) is 10.9. The number of carboxylic acids is 1. The molecular weight excluding hydrogens is 200 g/mol. The van der Waals surface area contributed by atoms with Crippen molar-refractivity contribution in [3.63, 3.8) is 0 Å². The zero-order valence-electron chi connectivity index (χ0n) is 7.86. The normalized spacial score (nSPS) is 12.4. The quantitative estimate of drug-likeness (QED) is 0.723. The fourth-order valence-electron chi connectivity index (χ4n) is 1.03. The maximum atomic E-state index is 10.9. The van der Waals surface area contributed by atoms with Crippen molar-refractivity contribution < 1.29 is 9.90 Å². The molecule has 1 unspecified atom stereocenters. The predicted octanol–water partition coefficient (Wildman–Crippen LogP) is 1.35. The van der Waals surface area contributed by atoms with Gasteiger partial charge in [-0.2, -0.15) is 0 Å². The minimum absolute atomic E-state index is 0.452. The lowest BCUT2D eigenvalue weighted by molar-refractivity contribution is -0.139. The summed E-state index contributed by atoms with van der Waals surface area (Å²) < 4.78 is 0. The number of hydrogen-bond donors (Lipinski definition) is 2. The van der Waals surface area contributed by atoms with Crippen LogP contribution in [-0.2, 0) is 4.79 Å². The van der Waals surface area contributed by atoms with E-state index in [1.165, 1.54) is 11.3 Å². The Morgan fingerprint density at radius 3 is 3.07 bits per heavy atom. The van der Waals surface area contributed by atoms with Gasteiger partial charge in [0.2, 0.25) is 0 Å². The molecule has 5 heteroatoms. The molecule has 1 aromatic rings. The van der Waals surface area contributed by atoms with Gasteiger partial charge in [0.05, 0.1) is 10.7 Å². The predicted molar refractivity (Wildman–Crippen MR) is 55.4 cm³/mol. The molecule has 0 amide bonds. The molecule has 76 valence electrons. The van der Waals surface area contributed by atoms with Gasteiger partial charge in [-0.15, -0.1) is 17.9 Å². The summed E-state index contributed by atoms with van der Waals surface area (Å²) in [5.41, 5.74) is 0.557. The van der Waals surface area contributed by atoms with E-state index in [0.717, 1.165) is 5.01 Å². The van der Waals surface area contributed by atoms with E-state index in [9.17, 15) is 4.79 Å². The number of hydrogen-bond acceptors (Lipinski definition) is 4. The van der Waals surface area contributed by atoms with Crippen LogP contribution in [-0.4, -0.2) is 22.6 Å². The van der Waals surface area contributed by atoms with Gasteiger partial charge in [0.1, 0.15) is 6.04 Å². The van der Waals surface area contributed by atoms with Crippen molar-refractivity contribution in [1.82, 2.24) is 10.3 Å². The van der Waals surface area contributed by atoms with E-state index in [0.29, 0.717) is 12.2 Å². The van der Waals surface area contributed by atoms with E-state index in [1.54, 1.807) is 11.5 Å². The van der Waals surface area contributed by atoms with Crippen LogP contribution in [0.1, 0.15) is 16.7 Å². The fourth-order valence-corrected chi connectivity index (χ4v) is 1.67. The van der Waals surface area contributed by atoms with E-state index in [2.05, 4.69) is 16.9 Å². The number of thiazole rings is 1. The first-order valence-electron chi connectivity index (χ1n) is 4.14. The molecule has 1 aromatic heterocycles. The number of aromatic nitrogens is 1. The van der Waals surface area contributed by atoms with E-state index >= 15 is 0 Å². The SMILES string of the molecule is C=CCNC(C(=O)O)c1csc(C)n1. The zero-order chi connectivity index (χ0) is 10.6. The summed E-state index contributed by atoms with van der Waals surface area (Å²) in [6, 6.07) is -0.738. The number of aliphatic carboxylic acids is 1. The summed E-state index contributed by atoms with van der Waals surface area (Å²) in [5, 5.41) is 14.4. The maximum Gasteiger partial charge on any atom is 0.327 e. The molecule has 14 heavy (non-hydrogen) atoms. The van der Waals surface area contributed by atoms with Crippen LogP contribution in [0.3, 0.4) is 0 Å². The van der Waals surface area contributed by atoms with Gasteiger partial charge in [0.25, 0.3) is 0 Å². The Hall–Kier alpha value is -1.20. The molecular formula is C9H12N2O2S. The van der Waals surface area contributed by atoms with Crippen LogP contribution in [0.5, 0.6) is 0 Å². The van der Waals surface area contributed by atoms with Gasteiger partial charge in [-0.3, -0.25) is 10.1 Å². The molecule has 2 N–H and O–H groups in total. The van der Waals surface area contributed by atoms with E-state index in [1.807, 2.05) is 6.92 Å². The first-order chi connectivity index (χ1) is 6.65. The van der Waals surface area contributed by atoms with E-state index < -0.39 is 12.0 Å². The second kappa shape index (κ2) is 4.88. The molecule has 1 atom stereocenters. The second-order valence-electron chi connectivity index (χ2n) is 2.76. The molecule has 0 aliphatic heterocycles. The Labute approximate surface area is 86.3 Å². The molecule has 0 aromatic carbocycles. The Bertz CT molecular complexity index is 335. The minimum atomic E-state index is -0.919. The molecule has 1 heterocycles. The van der Waals surface area contributed by atoms with Crippen molar-refractivity contribution in [3.8, 4) is 0 Å². The van der Waals surface area contributed by atoms with Crippen LogP contribution < -0.4 is 5.32 Å². The number of rotatable bonds is 5. The smallest absolute Gasteiger partial charge is 0.327 e. The van der Waals surface area contributed by atoms with Crippen LogP contribution in [0.2, 0.25) is 0 Å². The lowest BCUT2D eigenvalue weighted by Crippen LogP contribution is -2.28. The minimum Gasteiger partial charge on any atom is -0.480 e. The van der Waals surface area contributed by atoms with Gasteiger partial charge >= 0.3 is 5.97 Å². The van der Waals surface area contributed by atoms with Crippen molar-refractivity contribution in [2.45, 2.75) is 13.0 Å². The van der Waals surface area contributed by atoms with E-state index in [-0.39, 0.29) is 0 Å². The third-order valence-electron chi connectivity index (χ3n) is 1.65. The van der Waals surface area contributed by atoms with Gasteiger partial charge in [0, 0.05) is 11.9 Å². The van der Waals surface area contributed by atoms with Gasteiger partial charge < -0.3 is 5.11 Å². The lowest BCUT2D eigenvalue weighted by atomic mass is 10.2. The number of nitrogens with zero attached hydrogens (tertiary/aromatic N) is 1. The molecule has 4 nitrogen and oxygen atoms in total. The highest BCUT2D eigenvalue weighted by Crippen LogP contribution is 2.16.